The molecule has 1 rings (SSSR count). The molecule has 4 heteroatoms. The molecule has 66 valence electrons. The van der Waals surface area contributed by atoms with Gasteiger partial charge in [0.15, 0.2) is 0 Å². The topological polar surface area (TPSA) is 49.9 Å². The van der Waals surface area contributed by atoms with Crippen molar-refractivity contribution in [2.24, 2.45) is 5.73 Å². The van der Waals surface area contributed by atoms with Gasteiger partial charge in [-0.05, 0) is 5.56 Å². The molecule has 0 heterocycles. The van der Waals surface area contributed by atoms with Crippen LogP contribution in [0.4, 0.5) is 0 Å². The minimum atomic E-state index is 0. The molecule has 0 fully saturated rings. The van der Waals surface area contributed by atoms with Crippen LogP contribution in [-0.4, -0.2) is 5.84 Å². The lowest BCUT2D eigenvalue weighted by molar-refractivity contribution is 1.39. The molecular formula is C8H10BrClN2. The molecule has 0 aliphatic heterocycles. The number of nitrogen functional groups attached to an aromatic ring is 1. The number of benzene rings is 1. The summed E-state index contributed by atoms with van der Waals surface area (Å²) in [6.07, 6.45) is 0. The smallest absolute Gasteiger partial charge is 0.122 e. The second kappa shape index (κ2) is 5.17. The van der Waals surface area contributed by atoms with E-state index in [1.54, 1.807) is 0 Å². The van der Waals surface area contributed by atoms with Crippen LogP contribution in [0.25, 0.3) is 0 Å². The van der Waals surface area contributed by atoms with E-state index in [0.717, 1.165) is 10.9 Å². The summed E-state index contributed by atoms with van der Waals surface area (Å²) in [5, 5.41) is 7.97. The summed E-state index contributed by atoms with van der Waals surface area (Å²) in [5.74, 6) is 0.117. The van der Waals surface area contributed by atoms with E-state index in [1.165, 1.54) is 5.56 Å². The predicted octanol–water partition coefficient (Wildman–Crippen LogP) is 2.29. The van der Waals surface area contributed by atoms with Crippen LogP contribution in [0.3, 0.4) is 0 Å². The van der Waals surface area contributed by atoms with Crippen molar-refractivity contribution < 1.29 is 0 Å². The van der Waals surface area contributed by atoms with Gasteiger partial charge in [-0.2, -0.15) is 0 Å². The Morgan fingerprint density at radius 3 is 2.17 bits per heavy atom. The number of alkyl halides is 1. The lowest BCUT2D eigenvalue weighted by Crippen LogP contribution is -2.10. The van der Waals surface area contributed by atoms with Gasteiger partial charge in [0.1, 0.15) is 5.84 Å². The third-order valence-corrected chi connectivity index (χ3v) is 2.07. The van der Waals surface area contributed by atoms with Crippen molar-refractivity contribution in [3.05, 3.63) is 35.4 Å². The summed E-state index contributed by atoms with van der Waals surface area (Å²) in [6.45, 7) is 0. The van der Waals surface area contributed by atoms with Gasteiger partial charge in [0.25, 0.3) is 0 Å². The van der Waals surface area contributed by atoms with Gasteiger partial charge in [-0.25, -0.2) is 0 Å². The molecule has 0 saturated carbocycles. The van der Waals surface area contributed by atoms with Gasteiger partial charge in [-0.1, -0.05) is 40.2 Å². The summed E-state index contributed by atoms with van der Waals surface area (Å²) < 4.78 is 0. The number of rotatable bonds is 2. The van der Waals surface area contributed by atoms with Crippen molar-refractivity contribution in [3.8, 4) is 0 Å². The Morgan fingerprint density at radius 2 is 1.83 bits per heavy atom. The fourth-order valence-electron chi connectivity index (χ4n) is 0.773. The zero-order valence-electron chi connectivity index (χ0n) is 6.38. The third kappa shape index (κ3) is 2.83. The summed E-state index contributed by atoms with van der Waals surface area (Å²) in [5.41, 5.74) is 7.24. The lowest BCUT2D eigenvalue weighted by atomic mass is 10.1. The van der Waals surface area contributed by atoms with Gasteiger partial charge >= 0.3 is 0 Å². The first-order valence-corrected chi connectivity index (χ1v) is 4.35. The minimum absolute atomic E-state index is 0. The Labute approximate surface area is 86.2 Å². The molecule has 2 nitrogen and oxygen atoms in total. The van der Waals surface area contributed by atoms with Crippen molar-refractivity contribution in [2.45, 2.75) is 5.33 Å². The van der Waals surface area contributed by atoms with Crippen LogP contribution >= 0.6 is 28.3 Å². The van der Waals surface area contributed by atoms with Crippen LogP contribution in [0.15, 0.2) is 24.3 Å². The van der Waals surface area contributed by atoms with E-state index in [1.807, 2.05) is 24.3 Å². The van der Waals surface area contributed by atoms with Gasteiger partial charge in [0, 0.05) is 10.9 Å². The Bertz CT molecular complexity index is 258. The maximum atomic E-state index is 7.13. The monoisotopic (exact) mass is 248 g/mol. The standard InChI is InChI=1S/C8H9BrN2.ClH/c9-5-6-1-3-7(4-2-6)8(10)11;/h1-4H,5H2,(H3,10,11);1H. The molecule has 0 atom stereocenters. The van der Waals surface area contributed by atoms with E-state index in [4.69, 9.17) is 11.1 Å². The first-order chi connectivity index (χ1) is 5.24. The Morgan fingerprint density at radius 1 is 1.33 bits per heavy atom. The second-order valence-corrected chi connectivity index (χ2v) is 2.80. The molecule has 0 saturated heterocycles. The van der Waals surface area contributed by atoms with Crippen molar-refractivity contribution >= 4 is 34.2 Å². The summed E-state index contributed by atoms with van der Waals surface area (Å²) in [7, 11) is 0. The molecule has 0 amide bonds. The molecule has 0 bridgehead atoms. The second-order valence-electron chi connectivity index (χ2n) is 2.24. The lowest BCUT2D eigenvalue weighted by Gasteiger charge is -1.98. The number of hydrogen-bond donors (Lipinski definition) is 2. The SMILES string of the molecule is Cl.N=C(N)c1ccc(CBr)cc1. The van der Waals surface area contributed by atoms with E-state index in [9.17, 15) is 0 Å². The summed E-state index contributed by atoms with van der Waals surface area (Å²) >= 11 is 3.33. The molecule has 0 aliphatic carbocycles. The third-order valence-electron chi connectivity index (χ3n) is 1.42. The molecule has 3 N–H and O–H groups in total. The van der Waals surface area contributed by atoms with Gasteiger partial charge in [-0.3, -0.25) is 5.41 Å². The number of amidine groups is 1. The first kappa shape index (κ1) is 11.5. The van der Waals surface area contributed by atoms with Crippen LogP contribution < -0.4 is 5.73 Å². The quantitative estimate of drug-likeness (QED) is 0.472. The number of nitrogens with one attached hydrogen (secondary N) is 1. The average molecular weight is 250 g/mol. The van der Waals surface area contributed by atoms with Crippen molar-refractivity contribution in [1.29, 1.82) is 5.41 Å². The Hall–Kier alpha value is -0.540. The van der Waals surface area contributed by atoms with Crippen molar-refractivity contribution in [3.63, 3.8) is 0 Å². The predicted molar refractivity (Wildman–Crippen MR) is 57.3 cm³/mol. The number of halogens is 2. The van der Waals surface area contributed by atoms with Crippen LogP contribution in [0.2, 0.25) is 0 Å². The Balaban J connectivity index is 0.00000121. The van der Waals surface area contributed by atoms with Gasteiger partial charge in [0.2, 0.25) is 0 Å². The van der Waals surface area contributed by atoms with Crippen molar-refractivity contribution in [2.75, 3.05) is 0 Å². The molecule has 0 aliphatic rings. The highest BCUT2D eigenvalue weighted by atomic mass is 79.9. The van der Waals surface area contributed by atoms with Crippen LogP contribution in [0.5, 0.6) is 0 Å². The average Bonchev–Trinajstić information content (AvgIpc) is 2.05. The maximum Gasteiger partial charge on any atom is 0.122 e. The van der Waals surface area contributed by atoms with Gasteiger partial charge in [-0.15, -0.1) is 12.4 Å². The molecule has 1 aromatic carbocycles. The highest BCUT2D eigenvalue weighted by Gasteiger charge is 1.94. The van der Waals surface area contributed by atoms with E-state index in [2.05, 4.69) is 15.9 Å². The van der Waals surface area contributed by atoms with E-state index in [-0.39, 0.29) is 18.2 Å². The van der Waals surface area contributed by atoms with Gasteiger partial charge < -0.3 is 5.73 Å². The zero-order valence-corrected chi connectivity index (χ0v) is 8.78. The molecular weight excluding hydrogens is 239 g/mol. The minimum Gasteiger partial charge on any atom is -0.384 e. The van der Waals surface area contributed by atoms with Gasteiger partial charge in [0.05, 0.1) is 0 Å². The van der Waals surface area contributed by atoms with E-state index >= 15 is 0 Å². The fourth-order valence-corrected chi connectivity index (χ4v) is 1.15. The number of nitrogens with two attached hydrogens (primary N) is 1. The normalized spacial score (nSPS) is 8.75. The first-order valence-electron chi connectivity index (χ1n) is 3.23. The summed E-state index contributed by atoms with van der Waals surface area (Å²) in [4.78, 5) is 0. The van der Waals surface area contributed by atoms with Crippen LogP contribution in [-0.2, 0) is 5.33 Å². The number of hydrogen-bond acceptors (Lipinski definition) is 1. The highest BCUT2D eigenvalue weighted by molar-refractivity contribution is 9.08. The van der Waals surface area contributed by atoms with E-state index in [0.29, 0.717) is 0 Å². The van der Waals surface area contributed by atoms with Crippen molar-refractivity contribution in [1.82, 2.24) is 0 Å². The highest BCUT2D eigenvalue weighted by Crippen LogP contribution is 2.06. The maximum absolute atomic E-state index is 7.13. The van der Waals surface area contributed by atoms with Crippen LogP contribution in [0, 0.1) is 5.41 Å². The molecule has 1 aromatic rings. The van der Waals surface area contributed by atoms with Crippen LogP contribution in [0.1, 0.15) is 11.1 Å². The van der Waals surface area contributed by atoms with E-state index < -0.39 is 0 Å². The summed E-state index contributed by atoms with van der Waals surface area (Å²) in [6, 6.07) is 7.59. The molecule has 12 heavy (non-hydrogen) atoms. The molecule has 0 aromatic heterocycles. The zero-order chi connectivity index (χ0) is 8.27. The molecule has 0 radical (unpaired) electrons. The Kier molecular flexibility index (Phi) is 4.93. The molecule has 0 unspecified atom stereocenters. The fraction of sp³-hybridized carbons (Fsp3) is 0.125. The molecule has 0 spiro atoms. The largest absolute Gasteiger partial charge is 0.384 e.